The summed E-state index contributed by atoms with van der Waals surface area (Å²) in [6.45, 7) is 3.90. The first-order valence-corrected chi connectivity index (χ1v) is 9.09. The summed E-state index contributed by atoms with van der Waals surface area (Å²) in [5.41, 5.74) is 1.48. The second-order valence-corrected chi connectivity index (χ2v) is 6.82. The molecule has 0 aliphatic heterocycles. The number of nitrogens with zero attached hydrogens (tertiary/aromatic N) is 2. The van der Waals surface area contributed by atoms with Crippen LogP contribution in [0.25, 0.3) is 10.2 Å². The standard InChI is InChI=1S/C19H18N2O5S/c1-4-26-19(24)16-11(2)15-17(27-16)20-10-21(18(15)23)8-13-7-12(9-22)5-6-14(13)25-3/h5-7,9-10H,4,8H2,1-3H3. The van der Waals surface area contributed by atoms with E-state index < -0.39 is 5.97 Å². The van der Waals surface area contributed by atoms with Crippen molar-refractivity contribution in [3.8, 4) is 5.75 Å². The molecule has 0 atom stereocenters. The number of benzene rings is 1. The summed E-state index contributed by atoms with van der Waals surface area (Å²) in [7, 11) is 1.53. The molecule has 1 aromatic carbocycles. The van der Waals surface area contributed by atoms with Crippen molar-refractivity contribution in [3.05, 3.63) is 56.4 Å². The molecule has 140 valence electrons. The predicted molar refractivity (Wildman–Crippen MR) is 102 cm³/mol. The Morgan fingerprint density at radius 2 is 2.15 bits per heavy atom. The highest BCUT2D eigenvalue weighted by Gasteiger charge is 2.20. The molecule has 7 nitrogen and oxygen atoms in total. The minimum atomic E-state index is -0.454. The first-order valence-electron chi connectivity index (χ1n) is 8.27. The normalized spacial score (nSPS) is 10.8. The minimum absolute atomic E-state index is 0.191. The quantitative estimate of drug-likeness (QED) is 0.478. The van der Waals surface area contributed by atoms with Crippen LogP contribution in [0, 0.1) is 6.92 Å². The Kier molecular flexibility index (Phi) is 5.36. The SMILES string of the molecule is CCOC(=O)c1sc2ncn(Cc3cc(C=O)ccc3OC)c(=O)c2c1C. The van der Waals surface area contributed by atoms with E-state index in [9.17, 15) is 14.4 Å². The van der Waals surface area contributed by atoms with E-state index in [-0.39, 0.29) is 18.7 Å². The molecule has 2 heterocycles. The maximum atomic E-state index is 13.0. The molecule has 0 aliphatic carbocycles. The molecule has 0 N–H and O–H groups in total. The van der Waals surface area contributed by atoms with Gasteiger partial charge in [-0.2, -0.15) is 0 Å². The third-order valence-electron chi connectivity index (χ3n) is 4.16. The Labute approximate surface area is 159 Å². The van der Waals surface area contributed by atoms with E-state index in [0.29, 0.717) is 37.5 Å². The van der Waals surface area contributed by atoms with Crippen LogP contribution in [-0.4, -0.2) is 35.5 Å². The van der Waals surface area contributed by atoms with Crippen LogP contribution in [0.5, 0.6) is 5.75 Å². The summed E-state index contributed by atoms with van der Waals surface area (Å²) < 4.78 is 11.8. The largest absolute Gasteiger partial charge is 0.496 e. The predicted octanol–water partition coefficient (Wildman–Crippen LogP) is 2.81. The summed E-state index contributed by atoms with van der Waals surface area (Å²) >= 11 is 1.14. The van der Waals surface area contributed by atoms with Gasteiger partial charge in [0.1, 0.15) is 21.7 Å². The second kappa shape index (κ2) is 7.71. The number of aromatic nitrogens is 2. The van der Waals surface area contributed by atoms with Crippen molar-refractivity contribution >= 4 is 33.8 Å². The summed E-state index contributed by atoms with van der Waals surface area (Å²) in [4.78, 5) is 41.3. The van der Waals surface area contributed by atoms with Gasteiger partial charge in [-0.3, -0.25) is 14.2 Å². The Hall–Kier alpha value is -3.00. The maximum absolute atomic E-state index is 13.0. The monoisotopic (exact) mass is 386 g/mol. The van der Waals surface area contributed by atoms with Crippen LogP contribution in [0.4, 0.5) is 0 Å². The van der Waals surface area contributed by atoms with Gasteiger partial charge in [0, 0.05) is 11.1 Å². The molecule has 27 heavy (non-hydrogen) atoms. The maximum Gasteiger partial charge on any atom is 0.348 e. The number of hydrogen-bond donors (Lipinski definition) is 0. The van der Waals surface area contributed by atoms with Crippen molar-refractivity contribution < 1.29 is 19.1 Å². The number of aryl methyl sites for hydroxylation is 1. The van der Waals surface area contributed by atoms with Crippen molar-refractivity contribution in [1.82, 2.24) is 9.55 Å². The molecule has 2 aromatic heterocycles. The molecule has 0 bridgehead atoms. The van der Waals surface area contributed by atoms with E-state index in [2.05, 4.69) is 4.98 Å². The molecular formula is C19H18N2O5S. The van der Waals surface area contributed by atoms with E-state index in [1.54, 1.807) is 32.0 Å². The van der Waals surface area contributed by atoms with E-state index in [0.717, 1.165) is 17.6 Å². The molecule has 0 radical (unpaired) electrons. The fraction of sp³-hybridized carbons (Fsp3) is 0.263. The highest BCUT2D eigenvalue weighted by atomic mass is 32.1. The lowest BCUT2D eigenvalue weighted by Gasteiger charge is -2.11. The number of ether oxygens (including phenoxy) is 2. The Bertz CT molecular complexity index is 1080. The van der Waals surface area contributed by atoms with Gasteiger partial charge in [-0.05, 0) is 37.6 Å². The third kappa shape index (κ3) is 3.48. The second-order valence-electron chi connectivity index (χ2n) is 5.82. The Morgan fingerprint density at radius 1 is 1.37 bits per heavy atom. The van der Waals surface area contributed by atoms with Crippen LogP contribution in [0.15, 0.2) is 29.3 Å². The van der Waals surface area contributed by atoms with Crippen molar-refractivity contribution in [3.63, 3.8) is 0 Å². The molecule has 0 spiro atoms. The first kappa shape index (κ1) is 18.8. The number of carbonyl (C=O) groups excluding carboxylic acids is 2. The molecule has 8 heteroatoms. The topological polar surface area (TPSA) is 87.5 Å². The molecular weight excluding hydrogens is 368 g/mol. The van der Waals surface area contributed by atoms with Crippen LogP contribution in [-0.2, 0) is 11.3 Å². The molecule has 0 fully saturated rings. The summed E-state index contributed by atoms with van der Waals surface area (Å²) in [5.74, 6) is 0.117. The number of hydrogen-bond acceptors (Lipinski definition) is 7. The van der Waals surface area contributed by atoms with Crippen LogP contribution >= 0.6 is 11.3 Å². The molecule has 0 saturated carbocycles. The van der Waals surface area contributed by atoms with Gasteiger partial charge in [-0.25, -0.2) is 9.78 Å². The zero-order valence-electron chi connectivity index (χ0n) is 15.1. The lowest BCUT2D eigenvalue weighted by Crippen LogP contribution is -2.21. The Morgan fingerprint density at radius 3 is 2.81 bits per heavy atom. The van der Waals surface area contributed by atoms with E-state index >= 15 is 0 Å². The average molecular weight is 386 g/mol. The number of carbonyl (C=O) groups is 2. The van der Waals surface area contributed by atoms with Gasteiger partial charge in [-0.1, -0.05) is 0 Å². The van der Waals surface area contributed by atoms with Gasteiger partial charge < -0.3 is 9.47 Å². The first-order chi connectivity index (χ1) is 13.0. The van der Waals surface area contributed by atoms with E-state index in [1.807, 2.05) is 0 Å². The zero-order valence-corrected chi connectivity index (χ0v) is 16.0. The van der Waals surface area contributed by atoms with Crippen molar-refractivity contribution in [2.45, 2.75) is 20.4 Å². The van der Waals surface area contributed by atoms with Crippen LogP contribution in [0.2, 0.25) is 0 Å². The van der Waals surface area contributed by atoms with Crippen LogP contribution in [0.3, 0.4) is 0 Å². The molecule has 0 saturated heterocycles. The van der Waals surface area contributed by atoms with Gasteiger partial charge in [0.15, 0.2) is 0 Å². The molecule has 0 aliphatic rings. The van der Waals surface area contributed by atoms with Crippen molar-refractivity contribution in [2.75, 3.05) is 13.7 Å². The Balaban J connectivity index is 2.08. The number of aldehydes is 1. The van der Waals surface area contributed by atoms with Gasteiger partial charge in [-0.15, -0.1) is 11.3 Å². The van der Waals surface area contributed by atoms with Gasteiger partial charge in [0.25, 0.3) is 5.56 Å². The fourth-order valence-corrected chi connectivity index (χ4v) is 3.88. The minimum Gasteiger partial charge on any atom is -0.496 e. The van der Waals surface area contributed by atoms with E-state index in [4.69, 9.17) is 9.47 Å². The number of thiophene rings is 1. The van der Waals surface area contributed by atoms with Crippen molar-refractivity contribution in [2.24, 2.45) is 0 Å². The van der Waals surface area contributed by atoms with Gasteiger partial charge in [0.2, 0.25) is 0 Å². The highest BCUT2D eigenvalue weighted by molar-refractivity contribution is 7.20. The smallest absolute Gasteiger partial charge is 0.348 e. The van der Waals surface area contributed by atoms with Crippen LogP contribution in [0.1, 0.15) is 38.1 Å². The molecule has 0 amide bonds. The third-order valence-corrected chi connectivity index (χ3v) is 5.34. The number of fused-ring (bicyclic) bond motifs is 1. The molecule has 3 aromatic rings. The van der Waals surface area contributed by atoms with Gasteiger partial charge in [0.05, 0.1) is 32.0 Å². The van der Waals surface area contributed by atoms with E-state index in [1.165, 1.54) is 18.0 Å². The molecule has 0 unspecified atom stereocenters. The number of esters is 1. The number of rotatable bonds is 6. The highest BCUT2D eigenvalue weighted by Crippen LogP contribution is 2.28. The average Bonchev–Trinajstić information content (AvgIpc) is 3.01. The zero-order chi connectivity index (χ0) is 19.6. The summed E-state index contributed by atoms with van der Waals surface area (Å²) in [5, 5.41) is 0.399. The summed E-state index contributed by atoms with van der Waals surface area (Å²) in [6.07, 6.45) is 2.17. The van der Waals surface area contributed by atoms with Crippen molar-refractivity contribution in [1.29, 1.82) is 0 Å². The number of methoxy groups -OCH3 is 1. The fourth-order valence-electron chi connectivity index (χ4n) is 2.84. The summed E-state index contributed by atoms with van der Waals surface area (Å²) in [6, 6.07) is 5.01. The lowest BCUT2D eigenvalue weighted by atomic mass is 10.1. The lowest BCUT2D eigenvalue weighted by molar-refractivity contribution is 0.0531. The van der Waals surface area contributed by atoms with Crippen LogP contribution < -0.4 is 10.3 Å². The molecule has 3 rings (SSSR count). The van der Waals surface area contributed by atoms with Gasteiger partial charge >= 0.3 is 5.97 Å².